The topological polar surface area (TPSA) is 51.9 Å². The van der Waals surface area contributed by atoms with Crippen molar-refractivity contribution in [3.63, 3.8) is 0 Å². The summed E-state index contributed by atoms with van der Waals surface area (Å²) in [7, 11) is 0. The van der Waals surface area contributed by atoms with E-state index in [4.69, 9.17) is 13.9 Å². The van der Waals surface area contributed by atoms with Crippen LogP contribution in [0.3, 0.4) is 0 Å². The Morgan fingerprint density at radius 3 is 1.81 bits per heavy atom. The first-order valence-corrected chi connectivity index (χ1v) is 13.3. The lowest BCUT2D eigenvalue weighted by molar-refractivity contribution is -0.0225. The molecule has 0 aliphatic rings. The molecule has 0 radical (unpaired) electrons. The monoisotopic (exact) mass is 451 g/mol. The van der Waals surface area contributed by atoms with Crippen molar-refractivity contribution in [3.05, 3.63) is 17.9 Å². The van der Waals surface area contributed by atoms with Crippen LogP contribution in [-0.2, 0) is 4.74 Å². The number of ether oxygens (including phenoxy) is 2. The molecule has 0 saturated carbocycles. The number of hydrogen-bond acceptors (Lipinski definition) is 5. The third-order valence-corrected chi connectivity index (χ3v) is 6.13. The lowest BCUT2D eigenvalue weighted by Gasteiger charge is -2.25. The zero-order chi connectivity index (χ0) is 23.4. The van der Waals surface area contributed by atoms with Crippen molar-refractivity contribution in [2.45, 2.75) is 124 Å². The molecule has 1 rings (SSSR count). The van der Waals surface area contributed by atoms with E-state index in [1.807, 2.05) is 20.8 Å². The third kappa shape index (κ3) is 13.1. The van der Waals surface area contributed by atoms with Gasteiger partial charge in [0.1, 0.15) is 0 Å². The number of carbonyl (C=O) groups is 1. The number of hydrogen-bond donors (Lipinski definition) is 0. The molecule has 0 aromatic carbocycles. The molecule has 0 bridgehead atoms. The molecule has 1 aromatic rings. The minimum absolute atomic E-state index is 0.194. The molecule has 186 valence electrons. The van der Waals surface area contributed by atoms with Crippen molar-refractivity contribution >= 4 is 5.97 Å². The number of unbranched alkanes of at least 4 members (excludes halogenated alkanes) is 13. The second-order valence-corrected chi connectivity index (χ2v) is 8.79. The van der Waals surface area contributed by atoms with Gasteiger partial charge in [-0.05, 0) is 32.5 Å². The molecule has 0 fully saturated rings. The van der Waals surface area contributed by atoms with Gasteiger partial charge in [-0.15, -0.1) is 0 Å². The Kier molecular flexibility index (Phi) is 17.0. The first-order chi connectivity index (χ1) is 15.6. The Hall–Kier alpha value is -1.49. The molecule has 0 saturated heterocycles. The Labute approximate surface area is 197 Å². The summed E-state index contributed by atoms with van der Waals surface area (Å²) < 4.78 is 16.6. The largest absolute Gasteiger partial charge is 0.465 e. The number of nitrogens with zero attached hydrogens (tertiary/aromatic N) is 1. The van der Waals surface area contributed by atoms with Crippen molar-refractivity contribution < 1.29 is 18.7 Å². The van der Waals surface area contributed by atoms with Crippen LogP contribution in [0, 0.1) is 0 Å². The van der Waals surface area contributed by atoms with Gasteiger partial charge in [-0.3, -0.25) is 4.90 Å². The van der Waals surface area contributed by atoms with Crippen LogP contribution >= 0.6 is 0 Å². The van der Waals surface area contributed by atoms with E-state index in [2.05, 4.69) is 11.8 Å². The molecule has 1 aromatic heterocycles. The average Bonchev–Trinajstić information content (AvgIpc) is 3.26. The Morgan fingerprint density at radius 1 is 0.812 bits per heavy atom. The fraction of sp³-hybridized carbons (Fsp3) is 0.815. The van der Waals surface area contributed by atoms with Crippen LogP contribution in [0.15, 0.2) is 16.5 Å². The van der Waals surface area contributed by atoms with Gasteiger partial charge in [-0.25, -0.2) is 4.79 Å². The minimum Gasteiger partial charge on any atom is -0.465 e. The van der Waals surface area contributed by atoms with Gasteiger partial charge >= 0.3 is 5.97 Å². The van der Waals surface area contributed by atoms with E-state index >= 15 is 0 Å². The van der Waals surface area contributed by atoms with E-state index in [9.17, 15) is 4.79 Å². The molecule has 0 aliphatic heterocycles. The summed E-state index contributed by atoms with van der Waals surface area (Å²) in [6, 6.07) is 3.32. The normalized spacial score (nSPS) is 12.3. The van der Waals surface area contributed by atoms with Crippen LogP contribution in [-0.4, -0.2) is 36.8 Å². The van der Waals surface area contributed by atoms with Gasteiger partial charge < -0.3 is 13.9 Å². The van der Waals surface area contributed by atoms with Crippen LogP contribution in [0.2, 0.25) is 0 Å². The second kappa shape index (κ2) is 19.0. The quantitative estimate of drug-likeness (QED) is 0.108. The highest BCUT2D eigenvalue weighted by molar-refractivity contribution is 5.86. The van der Waals surface area contributed by atoms with Gasteiger partial charge in [0, 0.05) is 6.07 Å². The van der Waals surface area contributed by atoms with E-state index in [-0.39, 0.29) is 12.0 Å². The van der Waals surface area contributed by atoms with Crippen molar-refractivity contribution in [1.29, 1.82) is 0 Å². The Bertz CT molecular complexity index is 568. The fourth-order valence-electron chi connectivity index (χ4n) is 4.00. The molecule has 32 heavy (non-hydrogen) atoms. The molecule has 0 N–H and O–H groups in total. The summed E-state index contributed by atoms with van der Waals surface area (Å²) in [6.45, 7) is 10.5. The second-order valence-electron chi connectivity index (χ2n) is 8.79. The molecule has 0 aliphatic carbocycles. The van der Waals surface area contributed by atoms with Gasteiger partial charge in [0.25, 0.3) is 5.95 Å². The molecular weight excluding hydrogens is 402 g/mol. The molecule has 0 amide bonds. The highest BCUT2D eigenvalue weighted by atomic mass is 16.6. The zero-order valence-electron chi connectivity index (χ0n) is 21.3. The summed E-state index contributed by atoms with van der Waals surface area (Å²) in [5.74, 6) is 0.137. The van der Waals surface area contributed by atoms with E-state index in [1.165, 1.54) is 83.5 Å². The van der Waals surface area contributed by atoms with E-state index in [1.54, 1.807) is 12.1 Å². The highest BCUT2D eigenvalue weighted by Gasteiger charge is 2.19. The van der Waals surface area contributed by atoms with Crippen LogP contribution in [0.5, 0.6) is 5.95 Å². The molecule has 5 heteroatoms. The van der Waals surface area contributed by atoms with Crippen molar-refractivity contribution in [3.8, 4) is 5.95 Å². The lowest BCUT2D eigenvalue weighted by Crippen LogP contribution is -2.36. The van der Waals surface area contributed by atoms with Crippen LogP contribution in [0.25, 0.3) is 0 Å². The average molecular weight is 452 g/mol. The SMILES string of the molecule is CCCCCCCCCCCCCCCCOc1ccc(C(=O)OC(C)N(CC)CC)o1. The fourth-order valence-corrected chi connectivity index (χ4v) is 4.00. The molecule has 0 spiro atoms. The zero-order valence-corrected chi connectivity index (χ0v) is 21.3. The molecule has 5 nitrogen and oxygen atoms in total. The number of rotatable bonds is 21. The van der Waals surface area contributed by atoms with Gasteiger partial charge in [-0.2, -0.15) is 0 Å². The maximum Gasteiger partial charge on any atom is 0.375 e. The highest BCUT2D eigenvalue weighted by Crippen LogP contribution is 2.19. The summed E-state index contributed by atoms with van der Waals surface area (Å²) in [4.78, 5) is 14.3. The number of esters is 1. The van der Waals surface area contributed by atoms with Gasteiger partial charge in [0.2, 0.25) is 5.76 Å². The standard InChI is InChI=1S/C27H49NO4/c1-5-8-9-10-11-12-13-14-15-16-17-18-19-20-23-30-26-22-21-25(32-26)27(29)31-24(4)28(6-2)7-3/h21-22,24H,5-20,23H2,1-4H3. The van der Waals surface area contributed by atoms with Crippen molar-refractivity contribution in [1.82, 2.24) is 4.90 Å². The third-order valence-electron chi connectivity index (χ3n) is 6.13. The minimum atomic E-state index is -0.448. The molecular formula is C27H49NO4. The smallest absolute Gasteiger partial charge is 0.375 e. The molecule has 1 heterocycles. The summed E-state index contributed by atoms with van der Waals surface area (Å²) in [5, 5.41) is 0. The van der Waals surface area contributed by atoms with Gasteiger partial charge in [0.05, 0.1) is 6.61 Å². The molecule has 1 unspecified atom stereocenters. The number of carbonyl (C=O) groups excluding carboxylic acids is 1. The predicted molar refractivity (Wildman–Crippen MR) is 132 cm³/mol. The summed E-state index contributed by atoms with van der Waals surface area (Å²) in [6.07, 6.45) is 18.5. The van der Waals surface area contributed by atoms with Crippen LogP contribution < -0.4 is 4.74 Å². The van der Waals surface area contributed by atoms with Crippen molar-refractivity contribution in [2.75, 3.05) is 19.7 Å². The van der Waals surface area contributed by atoms with Crippen molar-refractivity contribution in [2.24, 2.45) is 0 Å². The van der Waals surface area contributed by atoms with Crippen LogP contribution in [0.4, 0.5) is 0 Å². The first-order valence-electron chi connectivity index (χ1n) is 13.3. The van der Waals surface area contributed by atoms with E-state index in [0.29, 0.717) is 12.6 Å². The Balaban J connectivity index is 2.00. The van der Waals surface area contributed by atoms with E-state index < -0.39 is 5.97 Å². The summed E-state index contributed by atoms with van der Waals surface area (Å²) in [5.41, 5.74) is 0. The first kappa shape index (κ1) is 28.5. The van der Waals surface area contributed by atoms with E-state index in [0.717, 1.165) is 19.5 Å². The lowest BCUT2D eigenvalue weighted by atomic mass is 10.0. The molecule has 1 atom stereocenters. The predicted octanol–water partition coefficient (Wildman–Crippen LogP) is 7.98. The number of furan rings is 1. The Morgan fingerprint density at radius 2 is 1.31 bits per heavy atom. The summed E-state index contributed by atoms with van der Waals surface area (Å²) >= 11 is 0. The van der Waals surface area contributed by atoms with Crippen LogP contribution in [0.1, 0.15) is 128 Å². The van der Waals surface area contributed by atoms with Gasteiger partial charge in [-0.1, -0.05) is 104 Å². The maximum absolute atomic E-state index is 12.2. The van der Waals surface area contributed by atoms with Gasteiger partial charge in [0.15, 0.2) is 6.23 Å². The maximum atomic E-state index is 12.2.